The maximum atomic E-state index is 13.2. The van der Waals surface area contributed by atoms with Gasteiger partial charge in [-0.2, -0.15) is 0 Å². The molecule has 2 amide bonds. The topological polar surface area (TPSA) is 58.4 Å². The van der Waals surface area contributed by atoms with Gasteiger partial charge in [-0.05, 0) is 47.9 Å². The normalized spacial score (nSPS) is 10.5. The molecule has 0 fully saturated rings. The van der Waals surface area contributed by atoms with E-state index in [1.807, 2.05) is 84.9 Å². The quantitative estimate of drug-likeness (QED) is 0.458. The van der Waals surface area contributed by atoms with Gasteiger partial charge in [0.25, 0.3) is 0 Å². The second-order valence-electron chi connectivity index (χ2n) is 6.22. The molecule has 0 saturated heterocycles. The maximum Gasteiger partial charge on any atom is 0.330 e. The molecule has 4 rings (SSSR count). The van der Waals surface area contributed by atoms with E-state index in [9.17, 15) is 4.79 Å². The summed E-state index contributed by atoms with van der Waals surface area (Å²) in [6.07, 6.45) is 0. The van der Waals surface area contributed by atoms with Crippen LogP contribution in [0.15, 0.2) is 97.1 Å². The Balaban J connectivity index is 1.73. The minimum absolute atomic E-state index is 0.234. The molecule has 4 nitrogen and oxygen atoms in total. The number of nitrogens with zero attached hydrogens (tertiary/aromatic N) is 1. The minimum atomic E-state index is -0.234. The van der Waals surface area contributed by atoms with Crippen molar-refractivity contribution in [3.8, 4) is 0 Å². The fraction of sp³-hybridized carbons (Fsp3) is 0. The molecule has 0 aromatic heterocycles. The highest BCUT2D eigenvalue weighted by Gasteiger charge is 2.18. The third-order valence-electron chi connectivity index (χ3n) is 4.40. The van der Waals surface area contributed by atoms with E-state index in [1.165, 1.54) is 0 Å². The van der Waals surface area contributed by atoms with Crippen molar-refractivity contribution in [3.63, 3.8) is 0 Å². The highest BCUT2D eigenvalue weighted by atomic mass is 16.2. The monoisotopic (exact) mass is 353 g/mol. The van der Waals surface area contributed by atoms with Crippen LogP contribution in [-0.2, 0) is 0 Å². The van der Waals surface area contributed by atoms with Crippen LogP contribution in [0.5, 0.6) is 0 Å². The molecule has 0 unspecified atom stereocenters. The number of rotatable bonds is 3. The molecule has 4 heteroatoms. The lowest BCUT2D eigenvalue weighted by Gasteiger charge is -2.24. The maximum absolute atomic E-state index is 13.2. The van der Waals surface area contributed by atoms with E-state index in [4.69, 9.17) is 5.73 Å². The second kappa shape index (κ2) is 7.22. The summed E-state index contributed by atoms with van der Waals surface area (Å²) in [5.41, 5.74) is 8.76. The number of benzene rings is 4. The molecule has 0 radical (unpaired) electrons. The third kappa shape index (κ3) is 3.46. The predicted molar refractivity (Wildman–Crippen MR) is 112 cm³/mol. The Morgan fingerprint density at radius 1 is 0.704 bits per heavy atom. The number of nitrogens with one attached hydrogen (secondary N) is 1. The van der Waals surface area contributed by atoms with E-state index >= 15 is 0 Å². The Labute approximate surface area is 157 Å². The number of nitrogens with two attached hydrogens (primary N) is 1. The van der Waals surface area contributed by atoms with Crippen LogP contribution < -0.4 is 16.0 Å². The number of hydrogen-bond acceptors (Lipinski definition) is 2. The van der Waals surface area contributed by atoms with Crippen LogP contribution in [0.2, 0.25) is 0 Å². The van der Waals surface area contributed by atoms with Crippen LogP contribution >= 0.6 is 0 Å². The standard InChI is InChI=1S/C23H19N3O/c24-18-13-15-20(16-14-18)26(19-9-2-1-3-10-19)23(27)25-22-12-6-8-17-7-4-5-11-21(17)22/h1-16H,24H2,(H,25,27). The summed E-state index contributed by atoms with van der Waals surface area (Å²) >= 11 is 0. The number of para-hydroxylation sites is 1. The van der Waals surface area contributed by atoms with E-state index in [1.54, 1.807) is 17.0 Å². The number of fused-ring (bicyclic) bond motifs is 1. The summed E-state index contributed by atoms with van der Waals surface area (Å²) in [7, 11) is 0. The number of anilines is 4. The average molecular weight is 353 g/mol. The van der Waals surface area contributed by atoms with Crippen LogP contribution in [0.4, 0.5) is 27.5 Å². The van der Waals surface area contributed by atoms with E-state index < -0.39 is 0 Å². The molecule has 0 aliphatic heterocycles. The Hall–Kier alpha value is -3.79. The first-order chi connectivity index (χ1) is 13.2. The van der Waals surface area contributed by atoms with Gasteiger partial charge in [0.2, 0.25) is 0 Å². The molecule has 4 aromatic carbocycles. The Bertz CT molecular complexity index is 1070. The lowest BCUT2D eigenvalue weighted by molar-refractivity contribution is 0.259. The largest absolute Gasteiger partial charge is 0.399 e. The number of nitrogen functional groups attached to an aromatic ring is 1. The van der Waals surface area contributed by atoms with Crippen molar-refractivity contribution in [2.45, 2.75) is 0 Å². The van der Waals surface area contributed by atoms with E-state index in [0.29, 0.717) is 5.69 Å². The zero-order valence-corrected chi connectivity index (χ0v) is 14.7. The van der Waals surface area contributed by atoms with Crippen molar-refractivity contribution in [2.75, 3.05) is 16.0 Å². The van der Waals surface area contributed by atoms with Gasteiger partial charge in [-0.3, -0.25) is 4.90 Å². The molecule has 0 atom stereocenters. The summed E-state index contributed by atoms with van der Waals surface area (Å²) in [4.78, 5) is 14.9. The highest BCUT2D eigenvalue weighted by Crippen LogP contribution is 2.29. The SMILES string of the molecule is Nc1ccc(N(C(=O)Nc2cccc3ccccc23)c2ccccc2)cc1. The van der Waals surface area contributed by atoms with E-state index in [-0.39, 0.29) is 6.03 Å². The predicted octanol–water partition coefficient (Wildman–Crippen LogP) is 5.79. The van der Waals surface area contributed by atoms with Gasteiger partial charge in [0, 0.05) is 11.1 Å². The lowest BCUT2D eigenvalue weighted by Crippen LogP contribution is -2.30. The first kappa shape index (κ1) is 16.7. The first-order valence-corrected chi connectivity index (χ1v) is 8.72. The second-order valence-corrected chi connectivity index (χ2v) is 6.22. The van der Waals surface area contributed by atoms with Crippen molar-refractivity contribution >= 4 is 39.6 Å². The lowest BCUT2D eigenvalue weighted by atomic mass is 10.1. The van der Waals surface area contributed by atoms with Crippen LogP contribution in [0.25, 0.3) is 10.8 Å². The Morgan fingerprint density at radius 2 is 1.33 bits per heavy atom. The van der Waals surface area contributed by atoms with Crippen LogP contribution in [-0.4, -0.2) is 6.03 Å². The molecule has 0 bridgehead atoms. The molecule has 0 spiro atoms. The van der Waals surface area contributed by atoms with Crippen LogP contribution in [0, 0.1) is 0 Å². The van der Waals surface area contributed by atoms with Crippen LogP contribution in [0.3, 0.4) is 0 Å². The van der Waals surface area contributed by atoms with Crippen molar-refractivity contribution in [2.24, 2.45) is 0 Å². The smallest absolute Gasteiger partial charge is 0.330 e. The summed E-state index contributed by atoms with van der Waals surface area (Å²) in [6.45, 7) is 0. The number of carbonyl (C=O) groups excluding carboxylic acids is 1. The minimum Gasteiger partial charge on any atom is -0.399 e. The molecule has 132 valence electrons. The van der Waals surface area contributed by atoms with Gasteiger partial charge in [0.15, 0.2) is 0 Å². The summed E-state index contributed by atoms with van der Waals surface area (Å²) in [6, 6.07) is 30.4. The third-order valence-corrected chi connectivity index (χ3v) is 4.40. The van der Waals surface area contributed by atoms with Gasteiger partial charge < -0.3 is 11.1 Å². The van der Waals surface area contributed by atoms with Crippen molar-refractivity contribution in [1.29, 1.82) is 0 Å². The van der Waals surface area contributed by atoms with Crippen LogP contribution in [0.1, 0.15) is 0 Å². The molecule has 3 N–H and O–H groups in total. The Morgan fingerprint density at radius 3 is 2.11 bits per heavy atom. The molecule has 0 aliphatic rings. The van der Waals surface area contributed by atoms with Gasteiger partial charge in [-0.25, -0.2) is 4.79 Å². The van der Waals surface area contributed by atoms with Crippen molar-refractivity contribution in [1.82, 2.24) is 0 Å². The van der Waals surface area contributed by atoms with E-state index in [0.717, 1.165) is 27.8 Å². The average Bonchev–Trinajstić information content (AvgIpc) is 2.71. The van der Waals surface area contributed by atoms with Gasteiger partial charge in [0.05, 0.1) is 17.1 Å². The fourth-order valence-electron chi connectivity index (χ4n) is 3.09. The summed E-state index contributed by atoms with van der Waals surface area (Å²) < 4.78 is 0. The van der Waals surface area contributed by atoms with Crippen molar-refractivity contribution < 1.29 is 4.79 Å². The first-order valence-electron chi connectivity index (χ1n) is 8.72. The molecule has 0 heterocycles. The molecular weight excluding hydrogens is 334 g/mol. The summed E-state index contributed by atoms with van der Waals surface area (Å²) in [5.74, 6) is 0. The highest BCUT2D eigenvalue weighted by molar-refractivity contribution is 6.10. The van der Waals surface area contributed by atoms with Crippen molar-refractivity contribution in [3.05, 3.63) is 97.1 Å². The number of urea groups is 1. The molecule has 0 aliphatic carbocycles. The number of carbonyl (C=O) groups is 1. The molecule has 0 saturated carbocycles. The van der Waals surface area contributed by atoms with E-state index in [2.05, 4.69) is 5.32 Å². The zero-order chi connectivity index (χ0) is 18.6. The number of amides is 2. The summed E-state index contributed by atoms with van der Waals surface area (Å²) in [5, 5.41) is 5.13. The number of hydrogen-bond donors (Lipinski definition) is 2. The molecule has 4 aromatic rings. The Kier molecular flexibility index (Phi) is 4.45. The van der Waals surface area contributed by atoms with Gasteiger partial charge in [-0.1, -0.05) is 54.6 Å². The van der Waals surface area contributed by atoms with Gasteiger partial charge in [-0.15, -0.1) is 0 Å². The molecule has 27 heavy (non-hydrogen) atoms. The fourth-order valence-corrected chi connectivity index (χ4v) is 3.09. The van der Waals surface area contributed by atoms with Gasteiger partial charge >= 0.3 is 6.03 Å². The molecular formula is C23H19N3O. The zero-order valence-electron chi connectivity index (χ0n) is 14.7. The van der Waals surface area contributed by atoms with Gasteiger partial charge in [0.1, 0.15) is 0 Å².